The van der Waals surface area contributed by atoms with Crippen molar-refractivity contribution >= 4 is 28.7 Å². The van der Waals surface area contributed by atoms with E-state index in [9.17, 15) is 14.9 Å². The van der Waals surface area contributed by atoms with Crippen LogP contribution in [0.15, 0.2) is 59.8 Å². The van der Waals surface area contributed by atoms with Crippen molar-refractivity contribution in [3.8, 4) is 5.75 Å². The van der Waals surface area contributed by atoms with Crippen LogP contribution in [0.3, 0.4) is 0 Å². The lowest BCUT2D eigenvalue weighted by Gasteiger charge is -2.04. The maximum Gasteiger partial charge on any atom is 0.277 e. The van der Waals surface area contributed by atoms with Crippen LogP contribution in [0, 0.1) is 10.1 Å². The van der Waals surface area contributed by atoms with Crippen molar-refractivity contribution in [3.63, 3.8) is 0 Å². The Kier molecular flexibility index (Phi) is 4.70. The van der Waals surface area contributed by atoms with Crippen molar-refractivity contribution in [2.45, 2.75) is 0 Å². The lowest BCUT2D eigenvalue weighted by Crippen LogP contribution is -2.24. The number of hydrogen-bond acceptors (Lipinski definition) is 5. The first-order chi connectivity index (χ1) is 12.1. The number of aromatic nitrogens is 1. The minimum atomic E-state index is -0.504. The summed E-state index contributed by atoms with van der Waals surface area (Å²) in [5.41, 5.74) is 4.16. The predicted molar refractivity (Wildman–Crippen MR) is 92.6 cm³/mol. The van der Waals surface area contributed by atoms with E-state index in [4.69, 9.17) is 4.74 Å². The Morgan fingerprint density at radius 3 is 2.76 bits per heavy atom. The van der Waals surface area contributed by atoms with Gasteiger partial charge in [-0.3, -0.25) is 14.9 Å². The summed E-state index contributed by atoms with van der Waals surface area (Å²) in [6.45, 7) is -0.247. The zero-order valence-electron chi connectivity index (χ0n) is 13.0. The number of fused-ring (bicyclic) bond motifs is 1. The third-order valence-electron chi connectivity index (χ3n) is 3.43. The molecule has 8 heteroatoms. The van der Waals surface area contributed by atoms with Gasteiger partial charge in [-0.1, -0.05) is 18.2 Å². The Morgan fingerprint density at radius 1 is 1.24 bits per heavy atom. The maximum atomic E-state index is 11.7. The highest BCUT2D eigenvalue weighted by Gasteiger charge is 2.06. The third-order valence-corrected chi connectivity index (χ3v) is 3.43. The van der Waals surface area contributed by atoms with Crippen LogP contribution in [0.5, 0.6) is 5.75 Å². The summed E-state index contributed by atoms with van der Waals surface area (Å²) in [5, 5.41) is 15.5. The SMILES string of the molecule is O=C(COc1ccc([N+](=O)[O-])cc1)N/N=C/c1c[nH]c2ccccc12. The van der Waals surface area contributed by atoms with E-state index in [-0.39, 0.29) is 12.3 Å². The number of hydrazone groups is 1. The van der Waals surface area contributed by atoms with E-state index in [0.717, 1.165) is 16.5 Å². The van der Waals surface area contributed by atoms with E-state index >= 15 is 0 Å². The van der Waals surface area contributed by atoms with Gasteiger partial charge in [0.25, 0.3) is 11.6 Å². The molecule has 0 saturated heterocycles. The Bertz CT molecular complexity index is 931. The number of benzene rings is 2. The molecule has 0 radical (unpaired) electrons. The van der Waals surface area contributed by atoms with Crippen molar-refractivity contribution in [2.24, 2.45) is 5.10 Å². The largest absolute Gasteiger partial charge is 0.484 e. The molecular weight excluding hydrogens is 324 g/mol. The van der Waals surface area contributed by atoms with Gasteiger partial charge in [-0.15, -0.1) is 0 Å². The number of H-pyrrole nitrogens is 1. The van der Waals surface area contributed by atoms with Gasteiger partial charge >= 0.3 is 0 Å². The lowest BCUT2D eigenvalue weighted by atomic mass is 10.2. The Morgan fingerprint density at radius 2 is 2.00 bits per heavy atom. The smallest absolute Gasteiger partial charge is 0.277 e. The number of aromatic amines is 1. The molecule has 0 saturated carbocycles. The van der Waals surface area contributed by atoms with Gasteiger partial charge in [0.1, 0.15) is 5.75 Å². The molecule has 126 valence electrons. The predicted octanol–water partition coefficient (Wildman–Crippen LogP) is 2.61. The van der Waals surface area contributed by atoms with Crippen LogP contribution in [0.4, 0.5) is 5.69 Å². The number of para-hydroxylation sites is 1. The van der Waals surface area contributed by atoms with E-state index in [1.807, 2.05) is 24.3 Å². The number of nitrogens with zero attached hydrogens (tertiary/aromatic N) is 2. The molecule has 2 N–H and O–H groups in total. The standard InChI is InChI=1S/C17H14N4O4/c22-17(11-25-14-7-5-13(6-8-14)21(23)24)20-19-10-12-9-18-16-4-2-1-3-15(12)16/h1-10,18H,11H2,(H,20,22)/b19-10+. The Balaban J connectivity index is 1.51. The molecule has 0 fully saturated rings. The molecule has 0 bridgehead atoms. The van der Waals surface area contributed by atoms with Crippen LogP contribution < -0.4 is 10.2 Å². The zero-order valence-corrected chi connectivity index (χ0v) is 13.0. The minimum absolute atomic E-state index is 0.0415. The number of nitro benzene ring substituents is 1. The summed E-state index contributed by atoms with van der Waals surface area (Å²) < 4.78 is 5.25. The molecule has 0 unspecified atom stereocenters. The number of nitrogens with one attached hydrogen (secondary N) is 2. The fourth-order valence-corrected chi connectivity index (χ4v) is 2.22. The van der Waals surface area contributed by atoms with Gasteiger partial charge in [0.2, 0.25) is 0 Å². The van der Waals surface area contributed by atoms with Gasteiger partial charge in [0, 0.05) is 34.8 Å². The maximum absolute atomic E-state index is 11.7. The highest BCUT2D eigenvalue weighted by molar-refractivity contribution is 5.99. The van der Waals surface area contributed by atoms with E-state index < -0.39 is 10.8 Å². The van der Waals surface area contributed by atoms with Gasteiger partial charge < -0.3 is 9.72 Å². The molecule has 1 amide bonds. The number of rotatable bonds is 6. The molecule has 3 aromatic rings. The minimum Gasteiger partial charge on any atom is -0.484 e. The second kappa shape index (κ2) is 7.26. The normalized spacial score (nSPS) is 10.9. The number of amides is 1. The monoisotopic (exact) mass is 338 g/mol. The van der Waals surface area contributed by atoms with Crippen molar-refractivity contribution in [1.82, 2.24) is 10.4 Å². The number of hydrogen-bond donors (Lipinski definition) is 2. The van der Waals surface area contributed by atoms with Crippen molar-refractivity contribution in [3.05, 3.63) is 70.4 Å². The summed E-state index contributed by atoms with van der Waals surface area (Å²) >= 11 is 0. The first-order valence-electron chi connectivity index (χ1n) is 7.39. The molecule has 0 aliphatic rings. The molecule has 8 nitrogen and oxygen atoms in total. The second-order valence-corrected chi connectivity index (χ2v) is 5.12. The summed E-state index contributed by atoms with van der Waals surface area (Å²) in [7, 11) is 0. The molecule has 0 aliphatic heterocycles. The summed E-state index contributed by atoms with van der Waals surface area (Å²) in [4.78, 5) is 24.9. The fraction of sp³-hybridized carbons (Fsp3) is 0.0588. The molecule has 2 aromatic carbocycles. The lowest BCUT2D eigenvalue weighted by molar-refractivity contribution is -0.384. The van der Waals surface area contributed by atoms with Crippen LogP contribution in [0.25, 0.3) is 10.9 Å². The van der Waals surface area contributed by atoms with Crippen LogP contribution in [0.2, 0.25) is 0 Å². The number of carbonyl (C=O) groups excluding carboxylic acids is 1. The molecule has 0 atom stereocenters. The Hall–Kier alpha value is -3.68. The van der Waals surface area contributed by atoms with Crippen LogP contribution in [-0.4, -0.2) is 28.6 Å². The number of ether oxygens (including phenoxy) is 1. The van der Waals surface area contributed by atoms with Crippen LogP contribution in [0.1, 0.15) is 5.56 Å². The summed E-state index contributed by atoms with van der Waals surface area (Å²) in [6, 6.07) is 13.2. The van der Waals surface area contributed by atoms with Crippen molar-refractivity contribution in [1.29, 1.82) is 0 Å². The van der Waals surface area contributed by atoms with Gasteiger partial charge in [0.15, 0.2) is 6.61 Å². The highest BCUT2D eigenvalue weighted by atomic mass is 16.6. The summed E-state index contributed by atoms with van der Waals surface area (Å²) in [6.07, 6.45) is 3.34. The fourth-order valence-electron chi connectivity index (χ4n) is 2.22. The molecule has 0 aliphatic carbocycles. The van der Waals surface area contributed by atoms with Gasteiger partial charge in [0.05, 0.1) is 11.1 Å². The number of carbonyl (C=O) groups is 1. The first-order valence-corrected chi connectivity index (χ1v) is 7.39. The van der Waals surface area contributed by atoms with E-state index in [2.05, 4.69) is 15.5 Å². The van der Waals surface area contributed by atoms with Crippen LogP contribution in [-0.2, 0) is 4.79 Å². The molecule has 25 heavy (non-hydrogen) atoms. The number of non-ortho nitro benzene ring substituents is 1. The molecule has 1 heterocycles. The molecular formula is C17H14N4O4. The van der Waals surface area contributed by atoms with Crippen molar-refractivity contribution < 1.29 is 14.5 Å². The van der Waals surface area contributed by atoms with Gasteiger partial charge in [-0.05, 0) is 18.2 Å². The second-order valence-electron chi connectivity index (χ2n) is 5.12. The third kappa shape index (κ3) is 3.99. The van der Waals surface area contributed by atoms with Gasteiger partial charge in [-0.25, -0.2) is 5.43 Å². The first kappa shape index (κ1) is 16.2. The number of nitro groups is 1. The van der Waals surface area contributed by atoms with E-state index in [1.165, 1.54) is 24.3 Å². The van der Waals surface area contributed by atoms with E-state index in [1.54, 1.807) is 12.4 Å². The molecule has 1 aromatic heterocycles. The van der Waals surface area contributed by atoms with E-state index in [0.29, 0.717) is 5.75 Å². The molecule has 0 spiro atoms. The summed E-state index contributed by atoms with van der Waals surface area (Å²) in [5.74, 6) is -0.0733. The topological polar surface area (TPSA) is 110 Å². The average molecular weight is 338 g/mol. The van der Waals surface area contributed by atoms with Gasteiger partial charge in [-0.2, -0.15) is 5.10 Å². The Labute approximate surface area is 142 Å². The van der Waals surface area contributed by atoms with Crippen LogP contribution >= 0.6 is 0 Å². The quantitative estimate of drug-likeness (QED) is 0.409. The van der Waals surface area contributed by atoms with Crippen molar-refractivity contribution in [2.75, 3.05) is 6.61 Å². The highest BCUT2D eigenvalue weighted by Crippen LogP contribution is 2.17. The average Bonchev–Trinajstić information content (AvgIpc) is 3.04. The zero-order chi connectivity index (χ0) is 17.6. The molecule has 3 rings (SSSR count).